The quantitative estimate of drug-likeness (QED) is 0.613. The fourth-order valence-electron chi connectivity index (χ4n) is 0.595. The third kappa shape index (κ3) is 4.20. The smallest absolute Gasteiger partial charge is 0.00565 e. The van der Waals surface area contributed by atoms with Crippen LogP contribution in [-0.2, 0) is 0 Å². The van der Waals surface area contributed by atoms with E-state index in [1.807, 2.05) is 32.1 Å². The molecule has 0 aromatic carbocycles. The molecule has 11 heavy (non-hydrogen) atoms. The Hall–Kier alpha value is -1.24. The second-order valence-electron chi connectivity index (χ2n) is 2.26. The maximum absolute atomic E-state index is 5.21. The van der Waals surface area contributed by atoms with E-state index in [0.717, 1.165) is 11.1 Å². The van der Waals surface area contributed by atoms with E-state index in [2.05, 4.69) is 6.58 Å². The van der Waals surface area contributed by atoms with E-state index < -0.39 is 0 Å². The molecule has 1 heteroatoms. The summed E-state index contributed by atoms with van der Waals surface area (Å²) in [5, 5.41) is 0. The van der Waals surface area contributed by atoms with E-state index in [-0.39, 0.29) is 0 Å². The van der Waals surface area contributed by atoms with Crippen molar-refractivity contribution in [3.63, 3.8) is 0 Å². The molecule has 0 aliphatic rings. The minimum Gasteiger partial charge on any atom is -0.405 e. The van der Waals surface area contributed by atoms with Gasteiger partial charge >= 0.3 is 0 Å². The molecule has 0 saturated carbocycles. The topological polar surface area (TPSA) is 26.0 Å². The van der Waals surface area contributed by atoms with Gasteiger partial charge in [-0.05, 0) is 37.3 Å². The van der Waals surface area contributed by atoms with Crippen molar-refractivity contribution in [2.45, 2.75) is 13.8 Å². The van der Waals surface area contributed by atoms with E-state index >= 15 is 0 Å². The maximum Gasteiger partial charge on any atom is -0.00565 e. The zero-order valence-corrected chi connectivity index (χ0v) is 7.17. The van der Waals surface area contributed by atoms with Crippen LogP contribution in [0, 0.1) is 0 Å². The lowest BCUT2D eigenvalue weighted by Gasteiger charge is -1.96. The Morgan fingerprint density at radius 2 is 2.09 bits per heavy atom. The first-order valence-electron chi connectivity index (χ1n) is 3.59. The highest BCUT2D eigenvalue weighted by Crippen LogP contribution is 2.07. The average molecular weight is 149 g/mol. The van der Waals surface area contributed by atoms with E-state index in [1.54, 1.807) is 6.08 Å². The van der Waals surface area contributed by atoms with Gasteiger partial charge in [0, 0.05) is 0 Å². The molecular weight excluding hydrogens is 134 g/mol. The van der Waals surface area contributed by atoms with Crippen molar-refractivity contribution in [3.05, 3.63) is 48.2 Å². The fourth-order valence-corrected chi connectivity index (χ4v) is 0.595. The summed E-state index contributed by atoms with van der Waals surface area (Å²) in [5.74, 6) is 0. The van der Waals surface area contributed by atoms with Gasteiger partial charge in [0.15, 0.2) is 0 Å². The number of hydrogen-bond acceptors (Lipinski definition) is 1. The SMILES string of the molecule is C=C(/C=C\N)/C(C)=C/C=C\C. The number of nitrogens with two attached hydrogens (primary N) is 1. The van der Waals surface area contributed by atoms with Crippen molar-refractivity contribution in [1.29, 1.82) is 0 Å². The van der Waals surface area contributed by atoms with Crippen LogP contribution in [0.25, 0.3) is 0 Å². The molecule has 0 aliphatic heterocycles. The molecule has 0 spiro atoms. The van der Waals surface area contributed by atoms with Crippen LogP contribution >= 0.6 is 0 Å². The lowest BCUT2D eigenvalue weighted by molar-refractivity contribution is 1.42. The van der Waals surface area contributed by atoms with Crippen molar-refractivity contribution in [3.8, 4) is 0 Å². The highest BCUT2D eigenvalue weighted by Gasteiger charge is 1.87. The van der Waals surface area contributed by atoms with Crippen molar-refractivity contribution in [2.75, 3.05) is 0 Å². The molecule has 0 rings (SSSR count). The standard InChI is InChI=1S/C10H15N/c1-4-5-6-9(2)10(3)7-8-11/h4-8H,3,11H2,1-2H3/b5-4-,8-7-,9-6+. The summed E-state index contributed by atoms with van der Waals surface area (Å²) in [7, 11) is 0. The van der Waals surface area contributed by atoms with E-state index in [4.69, 9.17) is 5.73 Å². The van der Waals surface area contributed by atoms with Crippen LogP contribution in [0.5, 0.6) is 0 Å². The van der Waals surface area contributed by atoms with E-state index in [0.29, 0.717) is 0 Å². The average Bonchev–Trinajstić information content (AvgIpc) is 2.00. The minimum absolute atomic E-state index is 0.950. The maximum atomic E-state index is 5.21. The summed E-state index contributed by atoms with van der Waals surface area (Å²) in [6.45, 7) is 7.81. The number of rotatable bonds is 3. The van der Waals surface area contributed by atoms with Gasteiger partial charge in [-0.25, -0.2) is 0 Å². The molecule has 0 heterocycles. The summed E-state index contributed by atoms with van der Waals surface area (Å²) in [6.07, 6.45) is 9.24. The van der Waals surface area contributed by atoms with Crippen LogP contribution in [0.1, 0.15) is 13.8 Å². The molecule has 0 aliphatic carbocycles. The Balaban J connectivity index is 4.23. The molecule has 0 radical (unpaired) electrons. The van der Waals surface area contributed by atoms with E-state index in [9.17, 15) is 0 Å². The summed E-state index contributed by atoms with van der Waals surface area (Å²) >= 11 is 0. The van der Waals surface area contributed by atoms with Crippen LogP contribution in [-0.4, -0.2) is 0 Å². The molecular formula is C10H15N. The first-order chi connectivity index (χ1) is 5.22. The number of allylic oxidation sites excluding steroid dienone is 6. The Labute approximate surface area is 68.6 Å². The molecule has 0 amide bonds. The molecule has 0 atom stereocenters. The second kappa shape index (κ2) is 5.54. The monoisotopic (exact) mass is 149 g/mol. The molecule has 0 aromatic rings. The lowest BCUT2D eigenvalue weighted by atomic mass is 10.1. The van der Waals surface area contributed by atoms with Crippen LogP contribution in [0.15, 0.2) is 48.2 Å². The second-order valence-corrected chi connectivity index (χ2v) is 2.26. The Bertz CT molecular complexity index is 207. The first-order valence-corrected chi connectivity index (χ1v) is 3.59. The molecule has 2 N–H and O–H groups in total. The summed E-state index contributed by atoms with van der Waals surface area (Å²) in [4.78, 5) is 0. The molecule has 0 saturated heterocycles. The van der Waals surface area contributed by atoms with Crippen molar-refractivity contribution in [2.24, 2.45) is 5.73 Å². The predicted molar refractivity (Wildman–Crippen MR) is 51.0 cm³/mol. The van der Waals surface area contributed by atoms with Gasteiger partial charge in [0.25, 0.3) is 0 Å². The summed E-state index contributed by atoms with van der Waals surface area (Å²) < 4.78 is 0. The van der Waals surface area contributed by atoms with Crippen molar-refractivity contribution in [1.82, 2.24) is 0 Å². The molecule has 0 bridgehead atoms. The van der Waals surface area contributed by atoms with Crippen molar-refractivity contribution < 1.29 is 0 Å². The fraction of sp³-hybridized carbons (Fsp3) is 0.200. The van der Waals surface area contributed by atoms with Crippen LogP contribution in [0.4, 0.5) is 0 Å². The highest BCUT2D eigenvalue weighted by atomic mass is 14.5. The third-order valence-corrected chi connectivity index (χ3v) is 1.34. The van der Waals surface area contributed by atoms with Gasteiger partial charge in [0.2, 0.25) is 0 Å². The Kier molecular flexibility index (Phi) is 4.91. The summed E-state index contributed by atoms with van der Waals surface area (Å²) in [6, 6.07) is 0. The zero-order chi connectivity index (χ0) is 8.69. The molecule has 0 fully saturated rings. The van der Waals surface area contributed by atoms with Gasteiger partial charge in [-0.3, -0.25) is 0 Å². The normalized spacial score (nSPS) is 13.1. The number of hydrogen-bond donors (Lipinski definition) is 1. The van der Waals surface area contributed by atoms with Crippen LogP contribution in [0.2, 0.25) is 0 Å². The van der Waals surface area contributed by atoms with Gasteiger partial charge in [0.1, 0.15) is 0 Å². The highest BCUT2D eigenvalue weighted by molar-refractivity contribution is 5.37. The lowest BCUT2D eigenvalue weighted by Crippen LogP contribution is -1.81. The molecule has 60 valence electrons. The van der Waals surface area contributed by atoms with Crippen LogP contribution < -0.4 is 5.73 Å². The van der Waals surface area contributed by atoms with Crippen molar-refractivity contribution >= 4 is 0 Å². The van der Waals surface area contributed by atoms with Gasteiger partial charge < -0.3 is 5.73 Å². The zero-order valence-electron chi connectivity index (χ0n) is 7.17. The minimum atomic E-state index is 0.950. The van der Waals surface area contributed by atoms with Gasteiger partial charge in [0.05, 0.1) is 0 Å². The molecule has 1 nitrogen and oxygen atoms in total. The van der Waals surface area contributed by atoms with E-state index in [1.165, 1.54) is 6.20 Å². The largest absolute Gasteiger partial charge is 0.405 e. The Morgan fingerprint density at radius 3 is 2.55 bits per heavy atom. The predicted octanol–water partition coefficient (Wildman–Crippen LogP) is 2.54. The van der Waals surface area contributed by atoms with Crippen LogP contribution in [0.3, 0.4) is 0 Å². The molecule has 0 unspecified atom stereocenters. The summed E-state index contributed by atoms with van der Waals surface area (Å²) in [5.41, 5.74) is 7.29. The third-order valence-electron chi connectivity index (χ3n) is 1.34. The van der Waals surface area contributed by atoms with Gasteiger partial charge in [-0.1, -0.05) is 24.8 Å². The van der Waals surface area contributed by atoms with Gasteiger partial charge in [-0.15, -0.1) is 0 Å². The first kappa shape index (κ1) is 9.76. The Morgan fingerprint density at radius 1 is 1.45 bits per heavy atom. The molecule has 0 aromatic heterocycles. The van der Waals surface area contributed by atoms with Gasteiger partial charge in [-0.2, -0.15) is 0 Å².